The molecule has 0 fully saturated rings. The Labute approximate surface area is 105 Å². The van der Waals surface area contributed by atoms with E-state index in [0.29, 0.717) is 5.88 Å². The molecule has 0 saturated carbocycles. The molecule has 2 aromatic rings. The fourth-order valence-corrected chi connectivity index (χ4v) is 1.74. The summed E-state index contributed by atoms with van der Waals surface area (Å²) in [6, 6.07) is -0.00388. The topological polar surface area (TPSA) is 77.8 Å². The average Bonchev–Trinajstić information content (AvgIpc) is 2.78. The van der Waals surface area contributed by atoms with Gasteiger partial charge in [0.15, 0.2) is 5.82 Å². The van der Waals surface area contributed by atoms with Crippen molar-refractivity contribution < 1.29 is 4.74 Å². The van der Waals surface area contributed by atoms with Gasteiger partial charge in [0.1, 0.15) is 18.5 Å². The van der Waals surface area contributed by atoms with Crippen LogP contribution in [0.25, 0.3) is 0 Å². The number of hydrogen-bond donors (Lipinski definition) is 1. The van der Waals surface area contributed by atoms with E-state index in [-0.39, 0.29) is 6.04 Å². The first-order chi connectivity index (χ1) is 8.63. The molecule has 7 heteroatoms. The molecule has 7 nitrogen and oxygen atoms in total. The fourth-order valence-electron chi connectivity index (χ4n) is 1.74. The Bertz CT molecular complexity index is 538. The van der Waals surface area contributed by atoms with Crippen LogP contribution in [-0.4, -0.2) is 31.8 Å². The number of anilines is 1. The molecule has 18 heavy (non-hydrogen) atoms. The lowest BCUT2D eigenvalue weighted by Crippen LogP contribution is -2.14. The highest BCUT2D eigenvalue weighted by Gasteiger charge is 2.14. The number of hydrogen-bond acceptors (Lipinski definition) is 6. The summed E-state index contributed by atoms with van der Waals surface area (Å²) in [5.74, 6) is 2.14. The van der Waals surface area contributed by atoms with E-state index in [2.05, 4.69) is 25.5 Å². The Balaban J connectivity index is 2.22. The van der Waals surface area contributed by atoms with Gasteiger partial charge in [-0.3, -0.25) is 0 Å². The van der Waals surface area contributed by atoms with E-state index in [1.54, 1.807) is 13.4 Å². The molecule has 0 spiro atoms. The smallest absolute Gasteiger partial charge is 0.221 e. The highest BCUT2D eigenvalue weighted by atomic mass is 16.5. The molecule has 0 amide bonds. The summed E-state index contributed by atoms with van der Waals surface area (Å²) in [4.78, 5) is 8.25. The van der Waals surface area contributed by atoms with Gasteiger partial charge >= 0.3 is 0 Å². The molecule has 1 N–H and O–H groups in total. The van der Waals surface area contributed by atoms with Gasteiger partial charge in [-0.15, -0.1) is 10.2 Å². The van der Waals surface area contributed by atoms with Crippen molar-refractivity contribution in [3.63, 3.8) is 0 Å². The maximum Gasteiger partial charge on any atom is 0.221 e. The SMILES string of the molecule is COc1ncnc(NC(C)c2nncn2C)c1C. The summed E-state index contributed by atoms with van der Waals surface area (Å²) in [6.07, 6.45) is 3.14. The second-order valence-electron chi connectivity index (χ2n) is 4.02. The van der Waals surface area contributed by atoms with Crippen LogP contribution in [0.5, 0.6) is 5.88 Å². The van der Waals surface area contributed by atoms with Crippen LogP contribution >= 0.6 is 0 Å². The Morgan fingerprint density at radius 3 is 2.78 bits per heavy atom. The molecule has 0 aliphatic rings. The lowest BCUT2D eigenvalue weighted by Gasteiger charge is -2.15. The minimum absolute atomic E-state index is 0.00388. The van der Waals surface area contributed by atoms with Gasteiger partial charge < -0.3 is 14.6 Å². The van der Waals surface area contributed by atoms with Crippen molar-refractivity contribution in [3.8, 4) is 5.88 Å². The molecule has 2 rings (SSSR count). The number of nitrogens with zero attached hydrogens (tertiary/aromatic N) is 5. The fraction of sp³-hybridized carbons (Fsp3) is 0.455. The van der Waals surface area contributed by atoms with Crippen LogP contribution in [0, 0.1) is 6.92 Å². The molecule has 0 radical (unpaired) electrons. The monoisotopic (exact) mass is 248 g/mol. The van der Waals surface area contributed by atoms with E-state index in [1.165, 1.54) is 6.33 Å². The number of ether oxygens (including phenoxy) is 1. The Morgan fingerprint density at radius 2 is 2.17 bits per heavy atom. The van der Waals surface area contributed by atoms with Crippen LogP contribution in [0.15, 0.2) is 12.7 Å². The highest BCUT2D eigenvalue weighted by Crippen LogP contribution is 2.23. The summed E-state index contributed by atoms with van der Waals surface area (Å²) in [7, 11) is 3.49. The van der Waals surface area contributed by atoms with Crippen molar-refractivity contribution in [2.45, 2.75) is 19.9 Å². The Kier molecular flexibility index (Phi) is 3.40. The van der Waals surface area contributed by atoms with Gasteiger partial charge in [0.05, 0.1) is 18.7 Å². The van der Waals surface area contributed by atoms with Gasteiger partial charge in [0.25, 0.3) is 0 Å². The molecular weight excluding hydrogens is 232 g/mol. The molecule has 0 saturated heterocycles. The number of aryl methyl sites for hydroxylation is 1. The third kappa shape index (κ3) is 2.24. The zero-order valence-corrected chi connectivity index (χ0v) is 10.9. The zero-order chi connectivity index (χ0) is 13.1. The molecular formula is C11H16N6O. The molecule has 2 aromatic heterocycles. The average molecular weight is 248 g/mol. The van der Waals surface area contributed by atoms with E-state index < -0.39 is 0 Å². The van der Waals surface area contributed by atoms with E-state index >= 15 is 0 Å². The predicted molar refractivity (Wildman–Crippen MR) is 66.4 cm³/mol. The molecule has 0 aliphatic carbocycles. The first-order valence-electron chi connectivity index (χ1n) is 5.59. The standard InChI is InChI=1S/C11H16N6O/c1-7-9(12-5-13-11(7)18-4)15-8(2)10-16-14-6-17(10)3/h5-6,8H,1-4H3,(H,12,13,15). The summed E-state index contributed by atoms with van der Waals surface area (Å²) in [6.45, 7) is 3.91. The van der Waals surface area contributed by atoms with Crippen molar-refractivity contribution in [1.29, 1.82) is 0 Å². The maximum absolute atomic E-state index is 5.16. The van der Waals surface area contributed by atoms with E-state index in [1.807, 2.05) is 25.5 Å². The Hall–Kier alpha value is -2.18. The minimum Gasteiger partial charge on any atom is -0.481 e. The zero-order valence-electron chi connectivity index (χ0n) is 10.9. The van der Waals surface area contributed by atoms with Crippen molar-refractivity contribution in [2.75, 3.05) is 12.4 Å². The maximum atomic E-state index is 5.16. The molecule has 96 valence electrons. The van der Waals surface area contributed by atoms with Crippen molar-refractivity contribution in [1.82, 2.24) is 24.7 Å². The number of nitrogens with one attached hydrogen (secondary N) is 1. The molecule has 0 aliphatic heterocycles. The van der Waals surface area contributed by atoms with Crippen molar-refractivity contribution in [3.05, 3.63) is 24.0 Å². The van der Waals surface area contributed by atoms with Gasteiger partial charge in [-0.25, -0.2) is 9.97 Å². The molecule has 0 bridgehead atoms. The lowest BCUT2D eigenvalue weighted by molar-refractivity contribution is 0.393. The number of methoxy groups -OCH3 is 1. The van der Waals surface area contributed by atoms with Crippen LogP contribution in [-0.2, 0) is 7.05 Å². The first kappa shape index (κ1) is 12.3. The van der Waals surface area contributed by atoms with Gasteiger partial charge in [-0.2, -0.15) is 0 Å². The van der Waals surface area contributed by atoms with Crippen molar-refractivity contribution >= 4 is 5.82 Å². The predicted octanol–water partition coefficient (Wildman–Crippen LogP) is 1.10. The van der Waals surface area contributed by atoms with Gasteiger partial charge in [0, 0.05) is 7.05 Å². The first-order valence-corrected chi connectivity index (χ1v) is 5.59. The second-order valence-corrected chi connectivity index (χ2v) is 4.02. The highest BCUT2D eigenvalue weighted by molar-refractivity contribution is 5.48. The molecule has 0 aromatic carbocycles. The van der Waals surface area contributed by atoms with Crippen molar-refractivity contribution in [2.24, 2.45) is 7.05 Å². The lowest BCUT2D eigenvalue weighted by atomic mass is 10.2. The second kappa shape index (κ2) is 4.99. The van der Waals surface area contributed by atoms with Gasteiger partial charge in [-0.1, -0.05) is 0 Å². The normalized spacial score (nSPS) is 12.2. The summed E-state index contributed by atoms with van der Waals surface area (Å²) >= 11 is 0. The minimum atomic E-state index is -0.00388. The van der Waals surface area contributed by atoms with Crippen LogP contribution < -0.4 is 10.1 Å². The Morgan fingerprint density at radius 1 is 1.39 bits per heavy atom. The largest absolute Gasteiger partial charge is 0.481 e. The van der Waals surface area contributed by atoms with Crippen LogP contribution in [0.4, 0.5) is 5.82 Å². The van der Waals surface area contributed by atoms with Gasteiger partial charge in [-0.05, 0) is 13.8 Å². The van der Waals surface area contributed by atoms with E-state index in [0.717, 1.165) is 17.2 Å². The quantitative estimate of drug-likeness (QED) is 0.872. The molecule has 2 heterocycles. The van der Waals surface area contributed by atoms with E-state index in [9.17, 15) is 0 Å². The molecule has 1 atom stereocenters. The third-order valence-electron chi connectivity index (χ3n) is 2.72. The summed E-state index contributed by atoms with van der Waals surface area (Å²) < 4.78 is 7.02. The number of rotatable bonds is 4. The van der Waals surface area contributed by atoms with Crippen LogP contribution in [0.1, 0.15) is 24.4 Å². The van der Waals surface area contributed by atoms with E-state index in [4.69, 9.17) is 4.74 Å². The summed E-state index contributed by atoms with van der Waals surface area (Å²) in [5.41, 5.74) is 0.869. The summed E-state index contributed by atoms with van der Waals surface area (Å²) in [5, 5.41) is 11.2. The third-order valence-corrected chi connectivity index (χ3v) is 2.72. The molecule has 1 unspecified atom stereocenters. The number of aromatic nitrogens is 5. The van der Waals surface area contributed by atoms with Crippen LogP contribution in [0.3, 0.4) is 0 Å². The van der Waals surface area contributed by atoms with Gasteiger partial charge in [0.2, 0.25) is 5.88 Å². The van der Waals surface area contributed by atoms with Crippen LogP contribution in [0.2, 0.25) is 0 Å².